The van der Waals surface area contributed by atoms with Gasteiger partial charge in [0.25, 0.3) is 0 Å². The minimum Gasteiger partial charge on any atom is -0.495 e. The maximum Gasteiger partial charge on any atom is 0.142 e. The SMILES string of the molecule is CCCCOc1ccc([C@@](O)(CCC)[C@H](CN2CCN(c3ccccc3OC)CC2)c2ccccc2)cc1. The molecule has 1 aliphatic heterocycles. The Hall–Kier alpha value is -3.02. The van der Waals surface area contributed by atoms with E-state index in [4.69, 9.17) is 9.47 Å². The molecule has 0 saturated carbocycles. The Balaban J connectivity index is 1.54. The van der Waals surface area contributed by atoms with Gasteiger partial charge in [0, 0.05) is 38.6 Å². The van der Waals surface area contributed by atoms with Gasteiger partial charge in [-0.1, -0.05) is 81.3 Å². The van der Waals surface area contributed by atoms with Crippen molar-refractivity contribution in [3.63, 3.8) is 0 Å². The number of para-hydroxylation sites is 2. The van der Waals surface area contributed by atoms with Crippen LogP contribution in [0.2, 0.25) is 0 Å². The molecule has 3 aromatic rings. The molecule has 1 saturated heterocycles. The molecule has 1 N–H and O–H groups in total. The summed E-state index contributed by atoms with van der Waals surface area (Å²) in [5, 5.41) is 12.4. The summed E-state index contributed by atoms with van der Waals surface area (Å²) in [6.45, 7) is 9.58. The number of hydrogen-bond donors (Lipinski definition) is 1. The van der Waals surface area contributed by atoms with E-state index in [1.165, 1.54) is 5.56 Å². The standard InChI is InChI=1S/C33H44N2O3/c1-4-6-25-38-29-18-16-28(17-19-29)33(36,20-5-2)30(27-12-8-7-9-13-27)26-34-21-23-35(24-22-34)31-14-10-11-15-32(31)37-3/h7-19,30,36H,4-6,20-26H2,1-3H3/t30-,33+/m1/s1. The van der Waals surface area contributed by atoms with E-state index in [-0.39, 0.29) is 5.92 Å². The second-order valence-corrected chi connectivity index (χ2v) is 10.3. The third kappa shape index (κ3) is 6.69. The van der Waals surface area contributed by atoms with Crippen molar-refractivity contribution >= 4 is 5.69 Å². The van der Waals surface area contributed by atoms with Crippen molar-refractivity contribution in [2.45, 2.75) is 51.0 Å². The molecular formula is C33H44N2O3. The van der Waals surface area contributed by atoms with Crippen LogP contribution in [-0.4, -0.2) is 56.4 Å². The summed E-state index contributed by atoms with van der Waals surface area (Å²) in [7, 11) is 1.73. The number of ether oxygens (including phenoxy) is 2. The van der Waals surface area contributed by atoms with Crippen LogP contribution in [-0.2, 0) is 5.60 Å². The van der Waals surface area contributed by atoms with Crippen molar-refractivity contribution in [3.05, 3.63) is 90.0 Å². The Morgan fingerprint density at radius 3 is 2.18 bits per heavy atom. The Morgan fingerprint density at radius 1 is 0.842 bits per heavy atom. The van der Waals surface area contributed by atoms with E-state index in [0.29, 0.717) is 6.42 Å². The number of benzene rings is 3. The minimum atomic E-state index is -0.974. The molecule has 38 heavy (non-hydrogen) atoms. The van der Waals surface area contributed by atoms with Crippen LogP contribution >= 0.6 is 0 Å². The lowest BCUT2D eigenvalue weighted by Crippen LogP contribution is -2.50. The molecule has 2 atom stereocenters. The zero-order valence-electron chi connectivity index (χ0n) is 23.3. The van der Waals surface area contributed by atoms with Gasteiger partial charge in [-0.05, 0) is 48.2 Å². The lowest BCUT2D eigenvalue weighted by Gasteiger charge is -2.43. The highest BCUT2D eigenvalue weighted by molar-refractivity contribution is 5.58. The molecule has 0 bridgehead atoms. The molecule has 0 aliphatic carbocycles. The molecule has 3 aromatic carbocycles. The molecule has 4 rings (SSSR count). The predicted molar refractivity (Wildman–Crippen MR) is 156 cm³/mol. The quantitative estimate of drug-likeness (QED) is 0.264. The number of unbranched alkanes of at least 4 members (excludes halogenated alkanes) is 1. The van der Waals surface area contributed by atoms with Crippen LogP contribution < -0.4 is 14.4 Å². The van der Waals surface area contributed by atoms with Crippen LogP contribution in [0, 0.1) is 0 Å². The van der Waals surface area contributed by atoms with Crippen LogP contribution in [0.3, 0.4) is 0 Å². The summed E-state index contributed by atoms with van der Waals surface area (Å²) in [4.78, 5) is 4.91. The first-order chi connectivity index (χ1) is 18.6. The van der Waals surface area contributed by atoms with E-state index in [0.717, 1.165) is 81.3 Å². The van der Waals surface area contributed by atoms with Crippen molar-refractivity contribution in [1.82, 2.24) is 4.90 Å². The molecule has 0 aromatic heterocycles. The topological polar surface area (TPSA) is 45.2 Å². The van der Waals surface area contributed by atoms with E-state index in [9.17, 15) is 5.11 Å². The fraction of sp³-hybridized carbons (Fsp3) is 0.455. The van der Waals surface area contributed by atoms with Crippen molar-refractivity contribution in [2.24, 2.45) is 0 Å². The average Bonchev–Trinajstić information content (AvgIpc) is 2.97. The van der Waals surface area contributed by atoms with Crippen LogP contribution in [0.25, 0.3) is 0 Å². The largest absolute Gasteiger partial charge is 0.495 e. The Kier molecular flexibility index (Phi) is 10.1. The number of methoxy groups -OCH3 is 1. The molecule has 1 heterocycles. The van der Waals surface area contributed by atoms with Crippen molar-refractivity contribution in [1.29, 1.82) is 0 Å². The van der Waals surface area contributed by atoms with E-state index in [2.05, 4.69) is 72.2 Å². The number of aliphatic hydroxyl groups is 1. The molecule has 1 fully saturated rings. The Morgan fingerprint density at radius 2 is 1.53 bits per heavy atom. The van der Waals surface area contributed by atoms with Gasteiger partial charge in [0.2, 0.25) is 0 Å². The second kappa shape index (κ2) is 13.7. The fourth-order valence-corrected chi connectivity index (χ4v) is 5.61. The monoisotopic (exact) mass is 516 g/mol. The van der Waals surface area contributed by atoms with Gasteiger partial charge in [-0.25, -0.2) is 0 Å². The molecule has 0 amide bonds. The second-order valence-electron chi connectivity index (χ2n) is 10.3. The lowest BCUT2D eigenvalue weighted by atomic mass is 9.74. The van der Waals surface area contributed by atoms with Gasteiger partial charge >= 0.3 is 0 Å². The zero-order chi connectivity index (χ0) is 26.8. The van der Waals surface area contributed by atoms with Gasteiger partial charge in [0.05, 0.1) is 25.0 Å². The number of rotatable bonds is 13. The molecule has 5 nitrogen and oxygen atoms in total. The minimum absolute atomic E-state index is 0.0479. The van der Waals surface area contributed by atoms with Crippen molar-refractivity contribution < 1.29 is 14.6 Å². The smallest absolute Gasteiger partial charge is 0.142 e. The maximum atomic E-state index is 12.4. The molecule has 204 valence electrons. The summed E-state index contributed by atoms with van der Waals surface area (Å²) in [5.41, 5.74) is 2.32. The molecule has 0 unspecified atom stereocenters. The highest BCUT2D eigenvalue weighted by Gasteiger charge is 2.40. The third-order valence-corrected chi connectivity index (χ3v) is 7.77. The molecule has 5 heteroatoms. The zero-order valence-corrected chi connectivity index (χ0v) is 23.3. The van der Waals surface area contributed by atoms with Gasteiger partial charge in [-0.15, -0.1) is 0 Å². The third-order valence-electron chi connectivity index (χ3n) is 7.77. The summed E-state index contributed by atoms with van der Waals surface area (Å²) in [5.74, 6) is 1.74. The first-order valence-electron chi connectivity index (χ1n) is 14.2. The van der Waals surface area contributed by atoms with Crippen LogP contribution in [0.5, 0.6) is 11.5 Å². The van der Waals surface area contributed by atoms with Gasteiger partial charge < -0.3 is 19.5 Å². The number of hydrogen-bond acceptors (Lipinski definition) is 5. The first-order valence-corrected chi connectivity index (χ1v) is 14.2. The molecule has 0 radical (unpaired) electrons. The number of nitrogens with zero attached hydrogens (tertiary/aromatic N) is 2. The lowest BCUT2D eigenvalue weighted by molar-refractivity contribution is -0.0141. The summed E-state index contributed by atoms with van der Waals surface area (Å²) < 4.78 is 11.5. The highest BCUT2D eigenvalue weighted by atomic mass is 16.5. The first kappa shape index (κ1) is 28.0. The van der Waals surface area contributed by atoms with E-state index in [1.807, 2.05) is 30.3 Å². The van der Waals surface area contributed by atoms with E-state index < -0.39 is 5.60 Å². The fourth-order valence-electron chi connectivity index (χ4n) is 5.61. The summed E-state index contributed by atoms with van der Waals surface area (Å²) in [6, 6.07) is 26.9. The van der Waals surface area contributed by atoms with Crippen LogP contribution in [0.4, 0.5) is 5.69 Å². The van der Waals surface area contributed by atoms with Crippen LogP contribution in [0.15, 0.2) is 78.9 Å². The maximum absolute atomic E-state index is 12.4. The number of anilines is 1. The summed E-state index contributed by atoms with van der Waals surface area (Å²) >= 11 is 0. The molecular weight excluding hydrogens is 472 g/mol. The average molecular weight is 517 g/mol. The Labute approximate surface area is 229 Å². The van der Waals surface area contributed by atoms with Crippen molar-refractivity contribution in [3.8, 4) is 11.5 Å². The number of piperazine rings is 1. The van der Waals surface area contributed by atoms with Gasteiger partial charge in [0.1, 0.15) is 11.5 Å². The highest BCUT2D eigenvalue weighted by Crippen LogP contribution is 2.42. The Bertz CT molecular complexity index is 1100. The van der Waals surface area contributed by atoms with Gasteiger partial charge in [0.15, 0.2) is 0 Å². The van der Waals surface area contributed by atoms with E-state index in [1.54, 1.807) is 7.11 Å². The van der Waals surface area contributed by atoms with Crippen LogP contribution in [0.1, 0.15) is 56.6 Å². The molecule has 1 aliphatic rings. The normalized spacial score (nSPS) is 16.6. The predicted octanol–water partition coefficient (Wildman–Crippen LogP) is 6.47. The van der Waals surface area contributed by atoms with Gasteiger partial charge in [-0.3, -0.25) is 4.90 Å². The van der Waals surface area contributed by atoms with Crippen molar-refractivity contribution in [2.75, 3.05) is 51.3 Å². The van der Waals surface area contributed by atoms with Gasteiger partial charge in [-0.2, -0.15) is 0 Å². The van der Waals surface area contributed by atoms with E-state index >= 15 is 0 Å². The summed E-state index contributed by atoms with van der Waals surface area (Å²) in [6.07, 6.45) is 3.75. The molecule has 0 spiro atoms.